The fourth-order valence-corrected chi connectivity index (χ4v) is 3.80. The van der Waals surface area contributed by atoms with Crippen LogP contribution in [0.4, 0.5) is 4.39 Å². The largest absolute Gasteiger partial charge is 0.349 e. The number of carbonyl (C=O) groups excluding carboxylic acids is 1. The quantitative estimate of drug-likeness (QED) is 0.789. The van der Waals surface area contributed by atoms with Gasteiger partial charge in [0.05, 0.1) is 10.5 Å². The molecule has 6 nitrogen and oxygen atoms in total. The number of halogens is 1. The molecule has 144 valence electrons. The Morgan fingerprint density at radius 1 is 1.22 bits per heavy atom. The maximum atomic E-state index is 14.0. The van der Waals surface area contributed by atoms with Gasteiger partial charge in [0.25, 0.3) is 5.91 Å². The van der Waals surface area contributed by atoms with Gasteiger partial charge >= 0.3 is 0 Å². The molecule has 1 aromatic carbocycles. The summed E-state index contributed by atoms with van der Waals surface area (Å²) in [7, 11) is -3.50. The molecule has 0 unspecified atom stereocenters. The van der Waals surface area contributed by atoms with Gasteiger partial charge in [-0.15, -0.1) is 0 Å². The summed E-state index contributed by atoms with van der Waals surface area (Å²) in [6.45, 7) is 2.46. The lowest BCUT2D eigenvalue weighted by atomic mass is 10.0. The normalized spacial score (nSPS) is 16.2. The highest BCUT2D eigenvalue weighted by Gasteiger charge is 2.23. The molecule has 0 bridgehead atoms. The van der Waals surface area contributed by atoms with Crippen molar-refractivity contribution in [2.45, 2.75) is 30.3 Å². The molecule has 1 saturated heterocycles. The third-order valence-electron chi connectivity index (χ3n) is 4.69. The molecule has 1 aromatic heterocycles. The standard InChI is InChI=1S/C19H22FN3O3S/c1-27(25,26)16-2-3-18(20)17(12-16)19(24)22-15-6-10-23(11-7-15)13-14-4-8-21-9-5-14/h2-5,8-9,12,15H,6-7,10-11,13H2,1H3,(H,22,24). The Morgan fingerprint density at radius 3 is 2.52 bits per heavy atom. The van der Waals surface area contributed by atoms with Crippen LogP contribution in [0.25, 0.3) is 0 Å². The minimum atomic E-state index is -3.50. The Kier molecular flexibility index (Phi) is 5.86. The molecule has 2 heterocycles. The minimum absolute atomic E-state index is 0.0625. The summed E-state index contributed by atoms with van der Waals surface area (Å²) in [5.74, 6) is -1.30. The van der Waals surface area contributed by atoms with Crippen LogP contribution in [0.5, 0.6) is 0 Å². The Balaban J connectivity index is 1.58. The molecule has 0 radical (unpaired) electrons. The van der Waals surface area contributed by atoms with Gasteiger partial charge in [-0.05, 0) is 48.7 Å². The smallest absolute Gasteiger partial charge is 0.254 e. The number of aromatic nitrogens is 1. The number of amides is 1. The molecule has 0 aliphatic carbocycles. The van der Waals surface area contributed by atoms with E-state index in [2.05, 4.69) is 15.2 Å². The van der Waals surface area contributed by atoms with Crippen LogP contribution in [-0.2, 0) is 16.4 Å². The average Bonchev–Trinajstić information content (AvgIpc) is 2.63. The van der Waals surface area contributed by atoms with Gasteiger partial charge < -0.3 is 5.32 Å². The van der Waals surface area contributed by atoms with Crippen LogP contribution in [0.1, 0.15) is 28.8 Å². The van der Waals surface area contributed by atoms with E-state index in [1.807, 2.05) is 12.1 Å². The molecule has 0 saturated carbocycles. The van der Waals surface area contributed by atoms with E-state index in [0.717, 1.165) is 50.9 Å². The molecule has 1 aliphatic heterocycles. The van der Waals surface area contributed by atoms with Gasteiger partial charge in [-0.2, -0.15) is 0 Å². The highest BCUT2D eigenvalue weighted by molar-refractivity contribution is 7.90. The number of sulfone groups is 1. The molecule has 1 N–H and O–H groups in total. The van der Waals surface area contributed by atoms with Gasteiger partial charge in [-0.25, -0.2) is 12.8 Å². The first-order valence-electron chi connectivity index (χ1n) is 8.74. The summed E-state index contributed by atoms with van der Waals surface area (Å²) in [6, 6.07) is 7.17. The number of piperidine rings is 1. The maximum absolute atomic E-state index is 14.0. The van der Waals surface area contributed by atoms with Gasteiger partial charge in [0.1, 0.15) is 5.82 Å². The van der Waals surface area contributed by atoms with E-state index in [9.17, 15) is 17.6 Å². The lowest BCUT2D eigenvalue weighted by Crippen LogP contribution is -2.44. The third-order valence-corrected chi connectivity index (χ3v) is 5.80. The highest BCUT2D eigenvalue weighted by atomic mass is 32.2. The van der Waals surface area contributed by atoms with E-state index in [0.29, 0.717) is 0 Å². The summed E-state index contributed by atoms with van der Waals surface area (Å²) in [4.78, 5) is 18.7. The van der Waals surface area contributed by atoms with Crippen LogP contribution in [-0.4, -0.2) is 49.6 Å². The van der Waals surface area contributed by atoms with Gasteiger partial charge in [0.15, 0.2) is 9.84 Å². The first kappa shape index (κ1) is 19.4. The van der Waals surface area contributed by atoms with Crippen LogP contribution in [0.15, 0.2) is 47.6 Å². The molecular weight excluding hydrogens is 369 g/mol. The number of rotatable bonds is 5. The zero-order valence-corrected chi connectivity index (χ0v) is 15.9. The highest BCUT2D eigenvalue weighted by Crippen LogP contribution is 2.17. The Morgan fingerprint density at radius 2 is 1.89 bits per heavy atom. The fourth-order valence-electron chi connectivity index (χ4n) is 3.15. The van der Waals surface area contributed by atoms with Gasteiger partial charge in [0.2, 0.25) is 0 Å². The molecular formula is C19H22FN3O3S. The molecule has 8 heteroatoms. The monoisotopic (exact) mass is 391 g/mol. The third kappa shape index (κ3) is 5.11. The number of benzene rings is 1. The predicted molar refractivity (Wildman–Crippen MR) is 99.5 cm³/mol. The summed E-state index contributed by atoms with van der Waals surface area (Å²) in [5, 5.41) is 2.83. The molecule has 0 spiro atoms. The minimum Gasteiger partial charge on any atom is -0.349 e. The van der Waals surface area contributed by atoms with E-state index >= 15 is 0 Å². The molecule has 2 aromatic rings. The Hall–Kier alpha value is -2.32. The second kappa shape index (κ2) is 8.14. The van der Waals surface area contributed by atoms with Crippen LogP contribution in [0, 0.1) is 5.82 Å². The summed E-state index contributed by atoms with van der Waals surface area (Å²) >= 11 is 0. The van der Waals surface area contributed by atoms with Gasteiger partial charge in [0, 0.05) is 44.3 Å². The van der Waals surface area contributed by atoms with E-state index in [-0.39, 0.29) is 16.5 Å². The topological polar surface area (TPSA) is 79.4 Å². The van der Waals surface area contributed by atoms with Crippen molar-refractivity contribution >= 4 is 15.7 Å². The zero-order chi connectivity index (χ0) is 19.4. The maximum Gasteiger partial charge on any atom is 0.254 e. The molecule has 0 atom stereocenters. The summed E-state index contributed by atoms with van der Waals surface area (Å²) < 4.78 is 37.3. The molecule has 1 aliphatic rings. The van der Waals surface area contributed by atoms with Crippen molar-refractivity contribution in [2.75, 3.05) is 19.3 Å². The van der Waals surface area contributed by atoms with Crippen LogP contribution >= 0.6 is 0 Å². The second-order valence-electron chi connectivity index (χ2n) is 6.79. The first-order valence-corrected chi connectivity index (χ1v) is 10.6. The fraction of sp³-hybridized carbons (Fsp3) is 0.368. The van der Waals surface area contributed by atoms with Crippen LogP contribution in [0.2, 0.25) is 0 Å². The van der Waals surface area contributed by atoms with Crippen molar-refractivity contribution in [3.63, 3.8) is 0 Å². The van der Waals surface area contributed by atoms with Crippen molar-refractivity contribution in [1.82, 2.24) is 15.2 Å². The van der Waals surface area contributed by atoms with Crippen molar-refractivity contribution < 1.29 is 17.6 Å². The molecule has 1 fully saturated rings. The van der Waals surface area contributed by atoms with Gasteiger partial charge in [-0.3, -0.25) is 14.7 Å². The number of hydrogen-bond acceptors (Lipinski definition) is 5. The van der Waals surface area contributed by atoms with Crippen LogP contribution in [0.3, 0.4) is 0 Å². The molecule has 3 rings (SSSR count). The summed E-state index contributed by atoms with van der Waals surface area (Å²) in [5.41, 5.74) is 0.948. The SMILES string of the molecule is CS(=O)(=O)c1ccc(F)c(C(=O)NC2CCN(Cc3ccncc3)CC2)c1. The number of hydrogen-bond donors (Lipinski definition) is 1. The average molecular weight is 391 g/mol. The van der Waals surface area contributed by atoms with Gasteiger partial charge in [-0.1, -0.05) is 0 Å². The van der Waals surface area contributed by atoms with Crippen molar-refractivity contribution in [3.8, 4) is 0 Å². The Bertz CT molecular complexity index is 911. The Labute approximate surface area is 158 Å². The number of pyridine rings is 1. The lowest BCUT2D eigenvalue weighted by Gasteiger charge is -2.32. The summed E-state index contributed by atoms with van der Waals surface area (Å²) in [6.07, 6.45) is 6.07. The van der Waals surface area contributed by atoms with Crippen molar-refractivity contribution in [1.29, 1.82) is 0 Å². The first-order chi connectivity index (χ1) is 12.8. The van der Waals surface area contributed by atoms with E-state index in [1.54, 1.807) is 12.4 Å². The number of nitrogens with zero attached hydrogens (tertiary/aromatic N) is 2. The second-order valence-corrected chi connectivity index (χ2v) is 8.81. The van der Waals surface area contributed by atoms with E-state index in [1.165, 1.54) is 11.6 Å². The van der Waals surface area contributed by atoms with E-state index < -0.39 is 21.6 Å². The number of likely N-dealkylation sites (tertiary alicyclic amines) is 1. The molecule has 27 heavy (non-hydrogen) atoms. The predicted octanol–water partition coefficient (Wildman–Crippen LogP) is 2.02. The van der Waals surface area contributed by atoms with Crippen molar-refractivity contribution in [3.05, 3.63) is 59.7 Å². The van der Waals surface area contributed by atoms with Crippen molar-refractivity contribution in [2.24, 2.45) is 0 Å². The van der Waals surface area contributed by atoms with E-state index in [4.69, 9.17) is 0 Å². The van der Waals surface area contributed by atoms with Crippen LogP contribution < -0.4 is 5.32 Å². The number of carbonyl (C=O) groups is 1. The number of nitrogens with one attached hydrogen (secondary N) is 1. The lowest BCUT2D eigenvalue weighted by molar-refractivity contribution is 0.0904. The zero-order valence-electron chi connectivity index (χ0n) is 15.1. The molecule has 1 amide bonds.